The molecule has 2 aromatic carbocycles. The van der Waals surface area contributed by atoms with Crippen molar-refractivity contribution in [3.05, 3.63) is 75.7 Å². The minimum absolute atomic E-state index is 0.0529. The summed E-state index contributed by atoms with van der Waals surface area (Å²) in [6, 6.07) is 13.2. The molecule has 0 spiro atoms. The lowest BCUT2D eigenvalue weighted by atomic mass is 10.1. The summed E-state index contributed by atoms with van der Waals surface area (Å²) < 4.78 is 13.2. The number of carbonyl (C=O) groups excluding carboxylic acids is 1. The van der Waals surface area contributed by atoms with Gasteiger partial charge in [-0.3, -0.25) is 4.79 Å². The lowest BCUT2D eigenvalue weighted by Gasteiger charge is -2.08. The summed E-state index contributed by atoms with van der Waals surface area (Å²) in [5.74, 6) is -0.709. The van der Waals surface area contributed by atoms with Gasteiger partial charge in [-0.15, -0.1) is 0 Å². The van der Waals surface area contributed by atoms with E-state index in [0.717, 1.165) is 5.56 Å². The van der Waals surface area contributed by atoms with Crippen LogP contribution < -0.4 is 5.32 Å². The molecule has 6 heteroatoms. The number of rotatable bonds is 4. The van der Waals surface area contributed by atoms with Crippen LogP contribution in [0.1, 0.15) is 15.9 Å². The molecule has 0 aliphatic heterocycles. The molecule has 24 heavy (non-hydrogen) atoms. The number of halogens is 3. The second-order valence-electron chi connectivity index (χ2n) is 5.30. The zero-order chi connectivity index (χ0) is 17.1. The molecule has 0 bridgehead atoms. The Bertz CT molecular complexity index is 897. The molecule has 0 saturated heterocycles. The van der Waals surface area contributed by atoms with Crippen LogP contribution in [-0.2, 0) is 6.42 Å². The number of pyridine rings is 1. The molecule has 0 fully saturated rings. The molecular formula is C18H13Cl2FN2O. The summed E-state index contributed by atoms with van der Waals surface area (Å²) in [6.07, 6.45) is 0.673. The van der Waals surface area contributed by atoms with Crippen LogP contribution in [0.2, 0.25) is 10.2 Å². The molecular weight excluding hydrogens is 350 g/mol. The van der Waals surface area contributed by atoms with Crippen molar-refractivity contribution in [1.82, 2.24) is 10.3 Å². The van der Waals surface area contributed by atoms with Crippen LogP contribution in [0, 0.1) is 5.82 Å². The normalized spacial score (nSPS) is 10.8. The van der Waals surface area contributed by atoms with Gasteiger partial charge in [-0.2, -0.15) is 0 Å². The van der Waals surface area contributed by atoms with Crippen molar-refractivity contribution in [3.8, 4) is 0 Å². The maximum Gasteiger partial charge on any atom is 0.254 e. The number of nitrogens with zero attached hydrogens (tertiary/aromatic N) is 1. The second-order valence-corrected chi connectivity index (χ2v) is 6.09. The molecule has 3 aromatic rings. The van der Waals surface area contributed by atoms with Crippen LogP contribution in [0.5, 0.6) is 0 Å². The first kappa shape index (κ1) is 16.7. The van der Waals surface area contributed by atoms with Crippen LogP contribution in [-0.4, -0.2) is 17.4 Å². The molecule has 0 saturated carbocycles. The van der Waals surface area contributed by atoms with Crippen molar-refractivity contribution in [2.75, 3.05) is 6.54 Å². The van der Waals surface area contributed by atoms with Crippen molar-refractivity contribution in [1.29, 1.82) is 0 Å². The van der Waals surface area contributed by atoms with Gasteiger partial charge >= 0.3 is 0 Å². The van der Waals surface area contributed by atoms with E-state index in [1.54, 1.807) is 12.1 Å². The molecule has 0 unspecified atom stereocenters. The maximum atomic E-state index is 13.2. The van der Waals surface area contributed by atoms with E-state index in [0.29, 0.717) is 28.9 Å². The standard InChI is InChI=1S/C18H13Cl2FN2O/c19-13-4-1-11(2-5-13)7-8-22-18(24)15-9-12-3-6-14(21)10-16(12)23-17(15)20/h1-6,9-10H,7-8H2,(H,22,24). The van der Waals surface area contributed by atoms with E-state index in [4.69, 9.17) is 23.2 Å². The van der Waals surface area contributed by atoms with Crippen molar-refractivity contribution in [2.45, 2.75) is 6.42 Å². The molecule has 1 N–H and O–H groups in total. The Morgan fingerprint density at radius 2 is 1.83 bits per heavy atom. The zero-order valence-electron chi connectivity index (χ0n) is 12.5. The van der Waals surface area contributed by atoms with Gasteiger partial charge in [-0.25, -0.2) is 9.37 Å². The quantitative estimate of drug-likeness (QED) is 0.686. The van der Waals surface area contributed by atoms with E-state index in [2.05, 4.69) is 10.3 Å². The fourth-order valence-electron chi connectivity index (χ4n) is 2.34. The molecule has 0 aliphatic rings. The lowest BCUT2D eigenvalue weighted by Crippen LogP contribution is -2.26. The van der Waals surface area contributed by atoms with Gasteiger partial charge in [0.2, 0.25) is 0 Å². The van der Waals surface area contributed by atoms with E-state index < -0.39 is 5.82 Å². The lowest BCUT2D eigenvalue weighted by molar-refractivity contribution is 0.0954. The minimum Gasteiger partial charge on any atom is -0.352 e. The molecule has 1 heterocycles. The molecule has 122 valence electrons. The number of hydrogen-bond acceptors (Lipinski definition) is 2. The van der Waals surface area contributed by atoms with Crippen molar-refractivity contribution < 1.29 is 9.18 Å². The number of aromatic nitrogens is 1. The monoisotopic (exact) mass is 362 g/mol. The van der Waals surface area contributed by atoms with E-state index >= 15 is 0 Å². The van der Waals surface area contributed by atoms with Crippen LogP contribution in [0.3, 0.4) is 0 Å². The van der Waals surface area contributed by atoms with Gasteiger partial charge in [-0.05, 0) is 42.3 Å². The van der Waals surface area contributed by atoms with Gasteiger partial charge in [0.15, 0.2) is 0 Å². The summed E-state index contributed by atoms with van der Waals surface area (Å²) in [5, 5.41) is 4.19. The van der Waals surface area contributed by atoms with Crippen molar-refractivity contribution >= 4 is 40.0 Å². The Balaban J connectivity index is 1.70. The first-order valence-corrected chi connectivity index (χ1v) is 8.07. The van der Waals surface area contributed by atoms with Gasteiger partial charge < -0.3 is 5.32 Å². The van der Waals surface area contributed by atoms with E-state index in [9.17, 15) is 9.18 Å². The summed E-state index contributed by atoms with van der Waals surface area (Å²) in [6.45, 7) is 0.457. The fourth-order valence-corrected chi connectivity index (χ4v) is 2.70. The Labute approximate surface area is 148 Å². The largest absolute Gasteiger partial charge is 0.352 e. The third-order valence-corrected chi connectivity index (χ3v) is 4.13. The Hall–Kier alpha value is -2.17. The van der Waals surface area contributed by atoms with Crippen molar-refractivity contribution in [3.63, 3.8) is 0 Å². The van der Waals surface area contributed by atoms with Gasteiger partial charge in [-0.1, -0.05) is 35.3 Å². The highest BCUT2D eigenvalue weighted by Gasteiger charge is 2.13. The molecule has 1 amide bonds. The zero-order valence-corrected chi connectivity index (χ0v) is 14.0. The van der Waals surface area contributed by atoms with Gasteiger partial charge in [0.1, 0.15) is 11.0 Å². The highest BCUT2D eigenvalue weighted by Crippen LogP contribution is 2.21. The number of fused-ring (bicyclic) bond motifs is 1. The average Bonchev–Trinajstić information content (AvgIpc) is 2.56. The Kier molecular flexibility index (Phi) is 4.97. The molecule has 3 nitrogen and oxygen atoms in total. The van der Waals surface area contributed by atoms with Crippen LogP contribution in [0.4, 0.5) is 4.39 Å². The predicted octanol–water partition coefficient (Wildman–Crippen LogP) is 4.65. The SMILES string of the molecule is O=C(NCCc1ccc(Cl)cc1)c1cc2ccc(F)cc2nc1Cl. The van der Waals surface area contributed by atoms with Crippen molar-refractivity contribution in [2.24, 2.45) is 0 Å². The first-order valence-electron chi connectivity index (χ1n) is 7.31. The predicted molar refractivity (Wildman–Crippen MR) is 94.2 cm³/mol. The van der Waals surface area contributed by atoms with Crippen LogP contribution in [0.15, 0.2) is 48.5 Å². The van der Waals surface area contributed by atoms with E-state index in [1.807, 2.05) is 24.3 Å². The Morgan fingerprint density at radius 1 is 1.08 bits per heavy atom. The highest BCUT2D eigenvalue weighted by molar-refractivity contribution is 6.33. The topological polar surface area (TPSA) is 42.0 Å². The summed E-state index contributed by atoms with van der Waals surface area (Å²) in [7, 11) is 0. The fraction of sp³-hybridized carbons (Fsp3) is 0.111. The number of hydrogen-bond donors (Lipinski definition) is 1. The summed E-state index contributed by atoms with van der Waals surface area (Å²) in [5.41, 5.74) is 1.75. The highest BCUT2D eigenvalue weighted by atomic mass is 35.5. The number of nitrogens with one attached hydrogen (secondary N) is 1. The smallest absolute Gasteiger partial charge is 0.254 e. The first-order chi connectivity index (χ1) is 11.5. The third-order valence-electron chi connectivity index (χ3n) is 3.59. The second kappa shape index (κ2) is 7.16. The van der Waals surface area contributed by atoms with E-state index in [1.165, 1.54) is 12.1 Å². The summed E-state index contributed by atoms with van der Waals surface area (Å²) in [4.78, 5) is 16.4. The third kappa shape index (κ3) is 3.83. The number of amides is 1. The molecule has 3 rings (SSSR count). The van der Waals surface area contributed by atoms with Crippen LogP contribution >= 0.6 is 23.2 Å². The number of carbonyl (C=O) groups is 1. The summed E-state index contributed by atoms with van der Waals surface area (Å²) >= 11 is 11.9. The molecule has 0 atom stereocenters. The van der Waals surface area contributed by atoms with Gasteiger partial charge in [0.25, 0.3) is 5.91 Å². The number of benzene rings is 2. The minimum atomic E-state index is -0.397. The van der Waals surface area contributed by atoms with Gasteiger partial charge in [0, 0.05) is 23.0 Å². The Morgan fingerprint density at radius 3 is 2.58 bits per heavy atom. The van der Waals surface area contributed by atoms with Crippen LogP contribution in [0.25, 0.3) is 10.9 Å². The average molecular weight is 363 g/mol. The maximum absolute atomic E-state index is 13.2. The molecule has 1 aromatic heterocycles. The molecule has 0 aliphatic carbocycles. The molecule has 0 radical (unpaired) electrons. The van der Waals surface area contributed by atoms with Gasteiger partial charge in [0.05, 0.1) is 11.1 Å². The van der Waals surface area contributed by atoms with E-state index in [-0.39, 0.29) is 16.6 Å².